The van der Waals surface area contributed by atoms with Crippen LogP contribution >= 0.6 is 11.6 Å². The van der Waals surface area contributed by atoms with Crippen molar-refractivity contribution in [1.29, 1.82) is 0 Å². The Labute approximate surface area is 150 Å². The summed E-state index contributed by atoms with van der Waals surface area (Å²) in [7, 11) is 1.58. The lowest BCUT2D eigenvalue weighted by molar-refractivity contribution is -0.115. The van der Waals surface area contributed by atoms with Crippen molar-refractivity contribution in [2.45, 2.75) is 6.42 Å². The average molecular weight is 354 g/mol. The highest BCUT2D eigenvalue weighted by molar-refractivity contribution is 6.30. The molecule has 0 fully saturated rings. The zero-order chi connectivity index (χ0) is 17.8. The highest BCUT2D eigenvalue weighted by Crippen LogP contribution is 2.23. The summed E-state index contributed by atoms with van der Waals surface area (Å²) in [6, 6.07) is 12.4. The van der Waals surface area contributed by atoms with E-state index in [-0.39, 0.29) is 18.2 Å². The summed E-state index contributed by atoms with van der Waals surface area (Å²) in [6.07, 6.45) is 3.47. The maximum Gasteiger partial charge on any atom is 0.251 e. The molecule has 2 aromatic carbocycles. The van der Waals surface area contributed by atoms with Gasteiger partial charge in [0, 0.05) is 34.6 Å². The van der Waals surface area contributed by atoms with Gasteiger partial charge in [-0.25, -0.2) is 0 Å². The molecule has 0 aliphatic rings. The minimum Gasteiger partial charge on any atom is -0.355 e. The Hall–Kier alpha value is -2.92. The summed E-state index contributed by atoms with van der Waals surface area (Å²) < 4.78 is 0. The van der Waals surface area contributed by atoms with Gasteiger partial charge in [0.1, 0.15) is 0 Å². The van der Waals surface area contributed by atoms with Crippen molar-refractivity contribution >= 4 is 39.9 Å². The number of halogens is 1. The number of fused-ring (bicyclic) bond motifs is 1. The number of hydrogen-bond donors (Lipinski definition) is 2. The molecule has 25 heavy (non-hydrogen) atoms. The zero-order valence-corrected chi connectivity index (χ0v) is 14.3. The Kier molecular flexibility index (Phi) is 4.95. The number of rotatable bonds is 4. The van der Waals surface area contributed by atoms with Crippen molar-refractivity contribution in [3.05, 3.63) is 71.0 Å². The molecule has 0 radical (unpaired) electrons. The lowest BCUT2D eigenvalue weighted by Crippen LogP contribution is -2.17. The minimum atomic E-state index is -0.169. The van der Waals surface area contributed by atoms with E-state index in [9.17, 15) is 9.59 Å². The molecule has 0 spiro atoms. The number of aromatic nitrogens is 1. The quantitative estimate of drug-likeness (QED) is 0.754. The van der Waals surface area contributed by atoms with Gasteiger partial charge in [-0.1, -0.05) is 29.8 Å². The Morgan fingerprint density at radius 1 is 1.12 bits per heavy atom. The largest absolute Gasteiger partial charge is 0.355 e. The Morgan fingerprint density at radius 3 is 2.72 bits per heavy atom. The molecule has 5 nitrogen and oxygen atoms in total. The summed E-state index contributed by atoms with van der Waals surface area (Å²) >= 11 is 5.94. The van der Waals surface area contributed by atoms with Crippen molar-refractivity contribution in [1.82, 2.24) is 10.3 Å². The van der Waals surface area contributed by atoms with Gasteiger partial charge in [0.25, 0.3) is 5.91 Å². The van der Waals surface area contributed by atoms with Crippen LogP contribution < -0.4 is 10.6 Å². The van der Waals surface area contributed by atoms with Crippen LogP contribution in [-0.4, -0.2) is 23.8 Å². The third kappa shape index (κ3) is 3.95. The third-order valence-electron chi connectivity index (χ3n) is 3.78. The van der Waals surface area contributed by atoms with Crippen molar-refractivity contribution in [3.8, 4) is 0 Å². The van der Waals surface area contributed by atoms with E-state index >= 15 is 0 Å². The number of pyridine rings is 1. The summed E-state index contributed by atoms with van der Waals surface area (Å²) in [6.45, 7) is 0. The summed E-state index contributed by atoms with van der Waals surface area (Å²) in [4.78, 5) is 28.2. The second kappa shape index (κ2) is 7.32. The Morgan fingerprint density at radius 2 is 1.96 bits per heavy atom. The first kappa shape index (κ1) is 16.9. The fraction of sp³-hybridized carbons (Fsp3) is 0.105. The normalized spacial score (nSPS) is 10.5. The Balaban J connectivity index is 1.83. The van der Waals surface area contributed by atoms with Gasteiger partial charge in [-0.2, -0.15) is 0 Å². The van der Waals surface area contributed by atoms with Gasteiger partial charge < -0.3 is 10.6 Å². The number of carbonyl (C=O) groups excluding carboxylic acids is 2. The van der Waals surface area contributed by atoms with Crippen molar-refractivity contribution in [3.63, 3.8) is 0 Å². The van der Waals surface area contributed by atoms with E-state index in [0.717, 1.165) is 16.3 Å². The first-order valence-corrected chi connectivity index (χ1v) is 8.09. The summed E-state index contributed by atoms with van der Waals surface area (Å²) in [5, 5.41) is 7.65. The van der Waals surface area contributed by atoms with Crippen molar-refractivity contribution in [2.75, 3.05) is 12.4 Å². The van der Waals surface area contributed by atoms with Gasteiger partial charge in [-0.3, -0.25) is 14.6 Å². The van der Waals surface area contributed by atoms with Crippen LogP contribution in [0.25, 0.3) is 10.8 Å². The molecule has 0 saturated carbocycles. The van der Waals surface area contributed by atoms with Crippen LogP contribution in [0.3, 0.4) is 0 Å². The van der Waals surface area contributed by atoms with E-state index in [1.165, 1.54) is 0 Å². The number of amides is 2. The molecule has 1 heterocycles. The lowest BCUT2D eigenvalue weighted by Gasteiger charge is -2.09. The molecule has 0 unspecified atom stereocenters. The van der Waals surface area contributed by atoms with Gasteiger partial charge >= 0.3 is 0 Å². The SMILES string of the molecule is CNC(=O)c1ccc2c(NC(=O)Cc3cccc(Cl)c3)cncc2c1. The molecule has 2 amide bonds. The van der Waals surface area contributed by atoms with E-state index in [4.69, 9.17) is 11.6 Å². The molecule has 1 aromatic heterocycles. The predicted octanol–water partition coefficient (Wildman–Crippen LogP) is 3.43. The van der Waals surface area contributed by atoms with Gasteiger partial charge in [-0.05, 0) is 29.8 Å². The molecule has 0 aliphatic heterocycles. The van der Waals surface area contributed by atoms with Crippen LogP contribution in [0.2, 0.25) is 5.02 Å². The fourth-order valence-corrected chi connectivity index (χ4v) is 2.80. The second-order valence-electron chi connectivity index (χ2n) is 5.56. The predicted molar refractivity (Wildman–Crippen MR) is 98.9 cm³/mol. The number of carbonyl (C=O) groups is 2. The number of benzene rings is 2. The van der Waals surface area contributed by atoms with Crippen LogP contribution in [-0.2, 0) is 11.2 Å². The molecule has 3 rings (SSSR count). The first-order chi connectivity index (χ1) is 12.1. The van der Waals surface area contributed by atoms with Gasteiger partial charge in [-0.15, -0.1) is 0 Å². The second-order valence-corrected chi connectivity index (χ2v) is 5.99. The van der Waals surface area contributed by atoms with E-state index in [1.54, 1.807) is 49.8 Å². The van der Waals surface area contributed by atoms with Gasteiger partial charge in [0.05, 0.1) is 18.3 Å². The monoisotopic (exact) mass is 353 g/mol. The molecule has 0 aliphatic carbocycles. The molecular weight excluding hydrogens is 338 g/mol. The van der Waals surface area contributed by atoms with Crippen LogP contribution in [0, 0.1) is 0 Å². The highest BCUT2D eigenvalue weighted by atomic mass is 35.5. The summed E-state index contributed by atoms with van der Waals surface area (Å²) in [5.41, 5.74) is 1.98. The fourth-order valence-electron chi connectivity index (χ4n) is 2.59. The van der Waals surface area contributed by atoms with E-state index in [1.807, 2.05) is 12.1 Å². The van der Waals surface area contributed by atoms with E-state index in [2.05, 4.69) is 15.6 Å². The minimum absolute atomic E-state index is 0.160. The molecule has 2 N–H and O–H groups in total. The Bertz CT molecular complexity index is 956. The van der Waals surface area contributed by atoms with E-state index in [0.29, 0.717) is 16.3 Å². The standard InChI is InChI=1S/C19H16ClN3O2/c1-21-19(25)13-5-6-16-14(9-13)10-22-11-17(16)23-18(24)8-12-3-2-4-15(20)7-12/h2-7,9-11H,8H2,1H3,(H,21,25)(H,23,24). The van der Waals surface area contributed by atoms with Crippen molar-refractivity contribution < 1.29 is 9.59 Å². The lowest BCUT2D eigenvalue weighted by atomic mass is 10.1. The smallest absolute Gasteiger partial charge is 0.251 e. The number of anilines is 1. The average Bonchev–Trinajstić information content (AvgIpc) is 2.60. The first-order valence-electron chi connectivity index (χ1n) is 7.71. The number of hydrogen-bond acceptors (Lipinski definition) is 3. The number of nitrogens with zero attached hydrogens (tertiary/aromatic N) is 1. The van der Waals surface area contributed by atoms with Crippen LogP contribution in [0.5, 0.6) is 0 Å². The third-order valence-corrected chi connectivity index (χ3v) is 4.01. The van der Waals surface area contributed by atoms with E-state index < -0.39 is 0 Å². The molecule has 126 valence electrons. The molecule has 6 heteroatoms. The highest BCUT2D eigenvalue weighted by Gasteiger charge is 2.10. The molecular formula is C19H16ClN3O2. The molecule has 0 atom stereocenters. The zero-order valence-electron chi connectivity index (χ0n) is 13.5. The topological polar surface area (TPSA) is 71.1 Å². The molecule has 0 bridgehead atoms. The van der Waals surface area contributed by atoms with Gasteiger partial charge in [0.2, 0.25) is 5.91 Å². The van der Waals surface area contributed by atoms with Crippen LogP contribution in [0.1, 0.15) is 15.9 Å². The van der Waals surface area contributed by atoms with Crippen LogP contribution in [0.4, 0.5) is 5.69 Å². The van der Waals surface area contributed by atoms with Gasteiger partial charge in [0.15, 0.2) is 0 Å². The maximum atomic E-state index is 12.3. The van der Waals surface area contributed by atoms with Crippen molar-refractivity contribution in [2.24, 2.45) is 0 Å². The molecule has 0 saturated heterocycles. The van der Waals surface area contributed by atoms with Crippen LogP contribution in [0.15, 0.2) is 54.9 Å². The summed E-state index contributed by atoms with van der Waals surface area (Å²) in [5.74, 6) is -0.329. The maximum absolute atomic E-state index is 12.3. The number of nitrogens with one attached hydrogen (secondary N) is 2. The molecule has 3 aromatic rings.